The second-order valence-electron chi connectivity index (χ2n) is 3.43. The molecule has 0 radical (unpaired) electrons. The molecular weight excluding hydrogens is 231 g/mol. The molecule has 1 aromatic rings. The first-order valence-corrected chi connectivity index (χ1v) is 4.85. The summed E-state index contributed by atoms with van der Waals surface area (Å²) < 4.78 is 38.4. The van der Waals surface area contributed by atoms with Crippen LogP contribution in [0.25, 0.3) is 0 Å². The Balaban J connectivity index is 2.46. The maximum Gasteiger partial charge on any atom is 0.418 e. The highest BCUT2D eigenvalue weighted by atomic mass is 19.4. The van der Waals surface area contributed by atoms with Crippen molar-refractivity contribution in [3.63, 3.8) is 0 Å². The number of hydrogen-bond acceptors (Lipinski definition) is 3. The van der Waals surface area contributed by atoms with Crippen molar-refractivity contribution < 1.29 is 13.2 Å². The number of halogens is 3. The van der Waals surface area contributed by atoms with Crippen molar-refractivity contribution >= 4 is 5.69 Å². The molecule has 0 saturated carbocycles. The van der Waals surface area contributed by atoms with Crippen molar-refractivity contribution in [2.45, 2.75) is 6.18 Å². The first-order valence-electron chi connectivity index (χ1n) is 4.85. The normalized spacial score (nSPS) is 15.5. The molecule has 1 aromatic carbocycles. The summed E-state index contributed by atoms with van der Waals surface area (Å²) in [6.07, 6.45) is 0.217. The Morgan fingerprint density at radius 1 is 1.18 bits per heavy atom. The molecule has 3 N–H and O–H groups in total. The van der Waals surface area contributed by atoms with Crippen LogP contribution in [0.3, 0.4) is 0 Å². The van der Waals surface area contributed by atoms with Crippen LogP contribution < -0.4 is 16.2 Å². The van der Waals surface area contributed by atoms with Gasteiger partial charge in [0, 0.05) is 6.20 Å². The first kappa shape index (κ1) is 11.4. The molecule has 3 nitrogen and oxygen atoms in total. The Labute approximate surface area is 96.0 Å². The van der Waals surface area contributed by atoms with Crippen molar-refractivity contribution in [2.24, 2.45) is 5.73 Å². The van der Waals surface area contributed by atoms with E-state index in [1.54, 1.807) is 6.08 Å². The molecule has 1 aliphatic rings. The van der Waals surface area contributed by atoms with Gasteiger partial charge in [-0.2, -0.15) is 13.2 Å². The lowest BCUT2D eigenvalue weighted by atomic mass is 10.1. The van der Waals surface area contributed by atoms with Gasteiger partial charge in [0.15, 0.2) is 0 Å². The molecule has 0 saturated heterocycles. The van der Waals surface area contributed by atoms with E-state index in [2.05, 4.69) is 5.43 Å². The van der Waals surface area contributed by atoms with Crippen LogP contribution in [0.4, 0.5) is 18.9 Å². The predicted octanol–water partition coefficient (Wildman–Crippen LogP) is 2.34. The van der Waals surface area contributed by atoms with Crippen LogP contribution in [-0.4, -0.2) is 0 Å². The van der Waals surface area contributed by atoms with Gasteiger partial charge < -0.3 is 5.73 Å². The third-order valence-electron chi connectivity index (χ3n) is 2.28. The number of anilines is 1. The van der Waals surface area contributed by atoms with Crippen molar-refractivity contribution in [2.75, 3.05) is 5.01 Å². The van der Waals surface area contributed by atoms with Gasteiger partial charge in [0.05, 0.1) is 11.3 Å². The molecule has 0 aromatic heterocycles. The molecule has 1 heterocycles. The van der Waals surface area contributed by atoms with E-state index in [1.807, 2.05) is 0 Å². The molecule has 0 aliphatic carbocycles. The van der Waals surface area contributed by atoms with Gasteiger partial charge >= 0.3 is 6.18 Å². The lowest BCUT2D eigenvalue weighted by molar-refractivity contribution is -0.137. The summed E-state index contributed by atoms with van der Waals surface area (Å²) in [7, 11) is 0. The van der Waals surface area contributed by atoms with Crippen LogP contribution in [0.1, 0.15) is 5.56 Å². The molecule has 17 heavy (non-hydrogen) atoms. The second-order valence-corrected chi connectivity index (χ2v) is 3.43. The third kappa shape index (κ3) is 2.20. The van der Waals surface area contributed by atoms with E-state index in [9.17, 15) is 13.2 Å². The average Bonchev–Trinajstić information content (AvgIpc) is 2.28. The highest BCUT2D eigenvalue weighted by Crippen LogP contribution is 2.36. The van der Waals surface area contributed by atoms with Crippen molar-refractivity contribution in [3.8, 4) is 0 Å². The van der Waals surface area contributed by atoms with E-state index in [0.29, 0.717) is 0 Å². The molecule has 0 unspecified atom stereocenters. The number of rotatable bonds is 1. The smallest absolute Gasteiger partial charge is 0.384 e. The molecule has 2 rings (SSSR count). The Kier molecular flexibility index (Phi) is 2.71. The van der Waals surface area contributed by atoms with E-state index >= 15 is 0 Å². The van der Waals surface area contributed by atoms with Gasteiger partial charge in [-0.15, -0.1) is 0 Å². The van der Waals surface area contributed by atoms with Gasteiger partial charge in [-0.1, -0.05) is 12.1 Å². The quantitative estimate of drug-likeness (QED) is 0.793. The highest BCUT2D eigenvalue weighted by Gasteiger charge is 2.35. The first-order chi connectivity index (χ1) is 8.00. The number of para-hydroxylation sites is 1. The van der Waals surface area contributed by atoms with E-state index < -0.39 is 11.7 Å². The van der Waals surface area contributed by atoms with Crippen molar-refractivity contribution in [1.29, 1.82) is 0 Å². The van der Waals surface area contributed by atoms with Gasteiger partial charge in [-0.3, -0.25) is 5.43 Å². The highest BCUT2D eigenvalue weighted by molar-refractivity contribution is 5.58. The van der Waals surface area contributed by atoms with Crippen LogP contribution >= 0.6 is 0 Å². The van der Waals surface area contributed by atoms with Gasteiger partial charge in [-0.05, 0) is 24.3 Å². The minimum absolute atomic E-state index is 0.0295. The Morgan fingerprint density at radius 3 is 2.53 bits per heavy atom. The molecule has 0 atom stereocenters. The number of alkyl halides is 3. The zero-order valence-corrected chi connectivity index (χ0v) is 8.70. The number of nitrogens with one attached hydrogen (secondary N) is 1. The summed E-state index contributed by atoms with van der Waals surface area (Å²) in [4.78, 5) is 0. The van der Waals surface area contributed by atoms with Gasteiger partial charge in [0.1, 0.15) is 5.82 Å². The zero-order chi connectivity index (χ0) is 12.5. The SMILES string of the molecule is NC1=CC=CNN1c1ccccc1C(F)(F)F. The Bertz CT molecular complexity index is 477. The fraction of sp³-hybridized carbons (Fsp3) is 0.0909. The summed E-state index contributed by atoms with van der Waals surface area (Å²) >= 11 is 0. The lowest BCUT2D eigenvalue weighted by Crippen LogP contribution is -2.39. The summed E-state index contributed by atoms with van der Waals surface area (Å²) in [6, 6.07) is 5.24. The monoisotopic (exact) mass is 241 g/mol. The van der Waals surface area contributed by atoms with Crippen LogP contribution in [0.15, 0.2) is 48.4 Å². The summed E-state index contributed by atoms with van der Waals surface area (Å²) in [5, 5.41) is 1.18. The maximum atomic E-state index is 12.8. The van der Waals surface area contributed by atoms with Gasteiger partial charge in [0.2, 0.25) is 0 Å². The molecule has 6 heteroatoms. The van der Waals surface area contributed by atoms with Gasteiger partial charge in [0.25, 0.3) is 0 Å². The molecule has 90 valence electrons. The summed E-state index contributed by atoms with van der Waals surface area (Å²) in [6.45, 7) is 0. The van der Waals surface area contributed by atoms with E-state index in [1.165, 1.54) is 35.5 Å². The topological polar surface area (TPSA) is 41.3 Å². The minimum atomic E-state index is -4.42. The van der Waals surface area contributed by atoms with E-state index in [0.717, 1.165) is 6.07 Å². The number of hydrazine groups is 1. The summed E-state index contributed by atoms with van der Waals surface area (Å²) in [5.41, 5.74) is 7.52. The van der Waals surface area contributed by atoms with Crippen molar-refractivity contribution in [1.82, 2.24) is 5.43 Å². The van der Waals surface area contributed by atoms with Gasteiger partial charge in [-0.25, -0.2) is 5.01 Å². The molecule has 0 amide bonds. The molecular formula is C11H10F3N3. The largest absolute Gasteiger partial charge is 0.418 e. The maximum absolute atomic E-state index is 12.8. The van der Waals surface area contributed by atoms with Crippen LogP contribution in [0.5, 0.6) is 0 Å². The van der Waals surface area contributed by atoms with Crippen LogP contribution in [0.2, 0.25) is 0 Å². The predicted molar refractivity (Wildman–Crippen MR) is 58.5 cm³/mol. The number of allylic oxidation sites excluding steroid dienone is 2. The minimum Gasteiger partial charge on any atom is -0.384 e. The molecule has 1 aliphatic heterocycles. The third-order valence-corrected chi connectivity index (χ3v) is 2.28. The summed E-state index contributed by atoms with van der Waals surface area (Å²) in [5.74, 6) is 0.198. The standard InChI is InChI=1S/C11H10F3N3/c12-11(13,14)8-4-1-2-5-9(8)17-10(15)6-3-7-16-17/h1-7,16H,15H2. The molecule has 0 bridgehead atoms. The molecule has 0 spiro atoms. The average molecular weight is 241 g/mol. The number of benzene rings is 1. The Morgan fingerprint density at radius 2 is 1.88 bits per heavy atom. The zero-order valence-electron chi connectivity index (χ0n) is 8.70. The lowest BCUT2D eigenvalue weighted by Gasteiger charge is -2.28. The van der Waals surface area contributed by atoms with E-state index in [-0.39, 0.29) is 11.5 Å². The fourth-order valence-electron chi connectivity index (χ4n) is 1.53. The molecule has 0 fully saturated rings. The Hall–Kier alpha value is -2.11. The van der Waals surface area contributed by atoms with E-state index in [4.69, 9.17) is 5.73 Å². The number of nitrogens with zero attached hydrogens (tertiary/aromatic N) is 1. The second kappa shape index (κ2) is 4.04. The fourth-order valence-corrected chi connectivity index (χ4v) is 1.53. The number of nitrogens with two attached hydrogens (primary N) is 1. The van der Waals surface area contributed by atoms with Crippen molar-refractivity contribution in [3.05, 3.63) is 54.0 Å². The van der Waals surface area contributed by atoms with Crippen LogP contribution in [-0.2, 0) is 6.18 Å². The van der Waals surface area contributed by atoms with Crippen LogP contribution in [0, 0.1) is 0 Å². The number of hydrogen-bond donors (Lipinski definition) is 2.